The number of fused-ring (bicyclic) bond motifs is 1. The number of hydrogen-bond donors (Lipinski definition) is 1. The van der Waals surface area contributed by atoms with Crippen molar-refractivity contribution in [2.45, 2.75) is 52.2 Å². The standard InChI is InChI=1S/C21H33N5O2/c1-15(2)18(16-7-6-8-22-11-16)13-24-19-23-12-17-14-25(9-10-26(17)19)20(27)28-21(3,4)5/h6-8,11,15,17-18H,9-10,12-14H2,1-5H3,(H,23,24). The summed E-state index contributed by atoms with van der Waals surface area (Å²) < 4.78 is 5.52. The van der Waals surface area contributed by atoms with Crippen LogP contribution in [0.2, 0.25) is 0 Å². The number of nitrogens with one attached hydrogen (secondary N) is 1. The second kappa shape index (κ2) is 8.37. The van der Waals surface area contributed by atoms with Crippen LogP contribution in [0.15, 0.2) is 29.5 Å². The van der Waals surface area contributed by atoms with Crippen LogP contribution >= 0.6 is 0 Å². The number of guanidine groups is 1. The van der Waals surface area contributed by atoms with Crippen LogP contribution in [0.5, 0.6) is 0 Å². The molecular weight excluding hydrogens is 354 g/mol. The topological polar surface area (TPSA) is 70.1 Å². The molecule has 3 rings (SSSR count). The van der Waals surface area contributed by atoms with Gasteiger partial charge in [-0.2, -0.15) is 0 Å². The van der Waals surface area contributed by atoms with Crippen molar-refractivity contribution in [3.05, 3.63) is 30.1 Å². The van der Waals surface area contributed by atoms with Crippen molar-refractivity contribution in [2.75, 3.05) is 32.7 Å². The number of aromatic nitrogens is 1. The van der Waals surface area contributed by atoms with Crippen molar-refractivity contribution in [1.29, 1.82) is 0 Å². The predicted molar refractivity (Wildman–Crippen MR) is 110 cm³/mol. The third-order valence-corrected chi connectivity index (χ3v) is 5.26. The van der Waals surface area contributed by atoms with Gasteiger partial charge in [-0.05, 0) is 38.3 Å². The Bertz CT molecular complexity index is 698. The number of pyridine rings is 1. The average molecular weight is 388 g/mol. The highest BCUT2D eigenvalue weighted by Gasteiger charge is 2.36. The van der Waals surface area contributed by atoms with Crippen LogP contribution in [0.25, 0.3) is 0 Å². The summed E-state index contributed by atoms with van der Waals surface area (Å²) in [6.07, 6.45) is 3.53. The summed E-state index contributed by atoms with van der Waals surface area (Å²) in [5.74, 6) is 1.82. The van der Waals surface area contributed by atoms with E-state index in [-0.39, 0.29) is 12.1 Å². The second-order valence-electron chi connectivity index (χ2n) is 8.96. The summed E-state index contributed by atoms with van der Waals surface area (Å²) in [5.41, 5.74) is 0.778. The fraction of sp³-hybridized carbons (Fsp3) is 0.667. The molecule has 1 saturated heterocycles. The summed E-state index contributed by atoms with van der Waals surface area (Å²) in [6, 6.07) is 4.35. The molecule has 1 amide bonds. The predicted octanol–water partition coefficient (Wildman–Crippen LogP) is 2.70. The molecule has 28 heavy (non-hydrogen) atoms. The Morgan fingerprint density at radius 2 is 2.14 bits per heavy atom. The molecular formula is C21H33N5O2. The Hall–Kier alpha value is -2.31. The van der Waals surface area contributed by atoms with Crippen LogP contribution in [-0.4, -0.2) is 71.2 Å². The van der Waals surface area contributed by atoms with Crippen molar-refractivity contribution in [1.82, 2.24) is 20.1 Å². The van der Waals surface area contributed by atoms with E-state index in [9.17, 15) is 4.79 Å². The van der Waals surface area contributed by atoms with Gasteiger partial charge < -0.3 is 19.9 Å². The van der Waals surface area contributed by atoms with Crippen molar-refractivity contribution in [3.8, 4) is 0 Å². The van der Waals surface area contributed by atoms with Gasteiger partial charge in [0, 0.05) is 44.5 Å². The molecule has 1 fully saturated rings. The lowest BCUT2D eigenvalue weighted by Crippen LogP contribution is -2.57. The summed E-state index contributed by atoms with van der Waals surface area (Å²) >= 11 is 0. The summed E-state index contributed by atoms with van der Waals surface area (Å²) in [7, 11) is 0. The minimum absolute atomic E-state index is 0.222. The van der Waals surface area contributed by atoms with E-state index in [0.717, 1.165) is 19.0 Å². The summed E-state index contributed by atoms with van der Waals surface area (Å²) in [5, 5.41) is 3.56. The quantitative estimate of drug-likeness (QED) is 0.860. The molecule has 1 N–H and O–H groups in total. The second-order valence-corrected chi connectivity index (χ2v) is 8.96. The molecule has 0 radical (unpaired) electrons. The minimum Gasteiger partial charge on any atom is -0.444 e. The maximum absolute atomic E-state index is 12.4. The molecule has 7 heteroatoms. The van der Waals surface area contributed by atoms with Crippen molar-refractivity contribution in [2.24, 2.45) is 10.9 Å². The van der Waals surface area contributed by atoms with E-state index >= 15 is 0 Å². The molecule has 2 aliphatic heterocycles. The molecule has 0 bridgehead atoms. The summed E-state index contributed by atoms with van der Waals surface area (Å²) in [4.78, 5) is 25.4. The van der Waals surface area contributed by atoms with E-state index in [1.165, 1.54) is 5.56 Å². The normalized spacial score (nSPS) is 20.6. The molecule has 2 atom stereocenters. The third-order valence-electron chi connectivity index (χ3n) is 5.26. The lowest BCUT2D eigenvalue weighted by atomic mass is 9.89. The van der Waals surface area contributed by atoms with Crippen LogP contribution in [0.3, 0.4) is 0 Å². The SMILES string of the molecule is CC(C)C(CNC1=NCC2CN(C(=O)OC(C)(C)C)CCN12)c1cccnc1. The number of carbonyl (C=O) groups excluding carboxylic acids is 1. The first kappa shape index (κ1) is 20.4. The number of nitrogens with zero attached hydrogens (tertiary/aromatic N) is 4. The zero-order valence-electron chi connectivity index (χ0n) is 17.7. The number of carbonyl (C=O) groups is 1. The van der Waals surface area contributed by atoms with E-state index in [0.29, 0.717) is 31.5 Å². The third kappa shape index (κ3) is 4.94. The highest BCUT2D eigenvalue weighted by Crippen LogP contribution is 2.24. The largest absolute Gasteiger partial charge is 0.444 e. The van der Waals surface area contributed by atoms with E-state index in [2.05, 4.69) is 35.1 Å². The van der Waals surface area contributed by atoms with Gasteiger partial charge in [-0.25, -0.2) is 4.79 Å². The molecule has 7 nitrogen and oxygen atoms in total. The van der Waals surface area contributed by atoms with Crippen LogP contribution in [0, 0.1) is 5.92 Å². The van der Waals surface area contributed by atoms with Gasteiger partial charge >= 0.3 is 6.09 Å². The molecule has 3 heterocycles. The number of rotatable bonds is 4. The van der Waals surface area contributed by atoms with Gasteiger partial charge in [0.25, 0.3) is 0 Å². The zero-order valence-corrected chi connectivity index (χ0v) is 17.7. The highest BCUT2D eigenvalue weighted by atomic mass is 16.6. The van der Waals surface area contributed by atoms with E-state index < -0.39 is 5.60 Å². The van der Waals surface area contributed by atoms with Gasteiger partial charge in [-0.3, -0.25) is 9.98 Å². The lowest BCUT2D eigenvalue weighted by Gasteiger charge is -2.39. The van der Waals surface area contributed by atoms with Gasteiger partial charge in [0.2, 0.25) is 0 Å². The molecule has 2 unspecified atom stereocenters. The molecule has 2 aliphatic rings. The Morgan fingerprint density at radius 3 is 2.79 bits per heavy atom. The molecule has 1 aromatic rings. The van der Waals surface area contributed by atoms with Crippen molar-refractivity contribution < 1.29 is 9.53 Å². The van der Waals surface area contributed by atoms with Gasteiger partial charge in [0.1, 0.15) is 5.60 Å². The molecule has 0 aliphatic carbocycles. The minimum atomic E-state index is -0.467. The molecule has 1 aromatic heterocycles. The monoisotopic (exact) mass is 387 g/mol. The maximum Gasteiger partial charge on any atom is 0.410 e. The van der Waals surface area contributed by atoms with Crippen LogP contribution in [-0.2, 0) is 4.74 Å². The van der Waals surface area contributed by atoms with Gasteiger partial charge in [0.15, 0.2) is 5.96 Å². The molecule has 154 valence electrons. The van der Waals surface area contributed by atoms with Gasteiger partial charge in [-0.1, -0.05) is 19.9 Å². The summed E-state index contributed by atoms with van der Waals surface area (Å²) in [6.45, 7) is 13.8. The number of hydrogen-bond acceptors (Lipinski definition) is 6. The van der Waals surface area contributed by atoms with E-state index in [1.54, 1.807) is 4.90 Å². The van der Waals surface area contributed by atoms with Crippen LogP contribution < -0.4 is 5.32 Å². The molecule has 0 spiro atoms. The van der Waals surface area contributed by atoms with E-state index in [4.69, 9.17) is 9.73 Å². The lowest BCUT2D eigenvalue weighted by molar-refractivity contribution is 0.0137. The van der Waals surface area contributed by atoms with Gasteiger partial charge in [-0.15, -0.1) is 0 Å². The molecule has 0 aromatic carbocycles. The zero-order chi connectivity index (χ0) is 20.3. The van der Waals surface area contributed by atoms with Gasteiger partial charge in [0.05, 0.1) is 12.6 Å². The maximum atomic E-state index is 12.4. The van der Waals surface area contributed by atoms with E-state index in [1.807, 2.05) is 39.2 Å². The fourth-order valence-corrected chi connectivity index (χ4v) is 3.76. The van der Waals surface area contributed by atoms with Crippen molar-refractivity contribution >= 4 is 12.1 Å². The highest BCUT2D eigenvalue weighted by molar-refractivity contribution is 5.82. The Labute approximate surface area is 168 Å². The number of piperazine rings is 1. The Balaban J connectivity index is 1.55. The number of aliphatic imine (C=N–C) groups is 1. The molecule has 0 saturated carbocycles. The number of amides is 1. The smallest absolute Gasteiger partial charge is 0.410 e. The first-order chi connectivity index (χ1) is 13.2. The van der Waals surface area contributed by atoms with Crippen molar-refractivity contribution in [3.63, 3.8) is 0 Å². The van der Waals surface area contributed by atoms with Crippen LogP contribution in [0.1, 0.15) is 46.1 Å². The Kier molecular flexibility index (Phi) is 6.10. The van der Waals surface area contributed by atoms with Crippen LogP contribution in [0.4, 0.5) is 4.79 Å². The fourth-order valence-electron chi connectivity index (χ4n) is 3.76. The number of ether oxygens (including phenoxy) is 1. The Morgan fingerprint density at radius 1 is 1.36 bits per heavy atom. The average Bonchev–Trinajstić information content (AvgIpc) is 3.03. The first-order valence-electron chi connectivity index (χ1n) is 10.2. The first-order valence-corrected chi connectivity index (χ1v) is 10.2.